The van der Waals surface area contributed by atoms with E-state index < -0.39 is 0 Å². The van der Waals surface area contributed by atoms with Crippen molar-refractivity contribution >= 4 is 0 Å². The zero-order valence-corrected chi connectivity index (χ0v) is 64.5. The minimum Gasteiger partial charge on any atom is 0 e. The van der Waals surface area contributed by atoms with Crippen molar-refractivity contribution in [3.05, 3.63) is 0 Å². The van der Waals surface area contributed by atoms with Gasteiger partial charge in [0.05, 0.1) is 0 Å². The van der Waals surface area contributed by atoms with E-state index in [1.54, 1.807) is 0 Å². The van der Waals surface area contributed by atoms with Crippen LogP contribution in [0.5, 0.6) is 0 Å². The van der Waals surface area contributed by atoms with E-state index in [0.29, 0.717) is 0 Å². The van der Waals surface area contributed by atoms with Crippen LogP contribution in [0.3, 0.4) is 0 Å². The van der Waals surface area contributed by atoms with E-state index in [2.05, 4.69) is 0 Å². The van der Waals surface area contributed by atoms with Crippen LogP contribution in [-0.2, 0) is 649 Å². The molecule has 0 heterocycles. The molecule has 0 aromatic heterocycles. The molecule has 175 valence electrons. The van der Waals surface area contributed by atoms with Gasteiger partial charge in [-0.25, -0.2) is 0 Å². The second kappa shape index (κ2) is 372. The summed E-state index contributed by atoms with van der Waals surface area (Å²) in [6, 6.07) is 0. The van der Waals surface area contributed by atoms with E-state index >= 15 is 0 Å². The summed E-state index contributed by atoms with van der Waals surface area (Å²) in [5.74, 6) is 0. The second-order valence-electron chi connectivity index (χ2n) is 0. The van der Waals surface area contributed by atoms with Crippen LogP contribution in [0.1, 0.15) is 0 Å². The maximum Gasteiger partial charge on any atom is 0 e. The van der Waals surface area contributed by atoms with Crippen LogP contribution >= 0.6 is 0 Å². The van der Waals surface area contributed by atoms with E-state index in [0.717, 1.165) is 0 Å². The van der Waals surface area contributed by atoms with E-state index in [1.165, 1.54) is 0 Å². The molecule has 0 aliphatic rings. The molecular weight excluding hydrogens is 1780 g/mol. The Balaban J connectivity index is 0. The molecular formula is V35. The van der Waals surface area contributed by atoms with Gasteiger partial charge in [0.15, 0.2) is 0 Å². The van der Waals surface area contributed by atoms with Gasteiger partial charge in [-0.3, -0.25) is 0 Å². The van der Waals surface area contributed by atoms with E-state index in [9.17, 15) is 0 Å². The van der Waals surface area contributed by atoms with Gasteiger partial charge in [0.25, 0.3) is 0 Å². The normalized spacial score (nSPS) is 0. The zero-order valence-electron chi connectivity index (χ0n) is 15.7. The van der Waals surface area contributed by atoms with Crippen molar-refractivity contribution in [1.29, 1.82) is 0 Å². The van der Waals surface area contributed by atoms with Gasteiger partial charge >= 0.3 is 0 Å². The van der Waals surface area contributed by atoms with Crippen LogP contribution in [0.4, 0.5) is 0 Å². The van der Waals surface area contributed by atoms with Gasteiger partial charge in [0, 0.05) is 649 Å². The number of hydrogen-bond donors (Lipinski definition) is 0. The van der Waals surface area contributed by atoms with E-state index in [-0.39, 0.29) is 649 Å². The summed E-state index contributed by atoms with van der Waals surface area (Å²) < 4.78 is 0. The Morgan fingerprint density at radius 2 is 0.0286 bits per heavy atom. The SMILES string of the molecule is [V].[V].[V].[V].[V].[V].[V].[V].[V].[V].[V].[V].[V].[V].[V].[V].[V].[V].[V].[V].[V].[V].[V].[V].[V].[V].[V].[V].[V].[V].[V].[V].[V].[V].[V]. The van der Waals surface area contributed by atoms with Crippen LogP contribution in [0.15, 0.2) is 0 Å². The fraction of sp³-hybridized carbons (Fsp3) is 0. The Morgan fingerprint density at radius 3 is 0.0286 bits per heavy atom. The Labute approximate surface area is 632 Å². The quantitative estimate of drug-likeness (QED) is 0.319. The maximum absolute atomic E-state index is 0. The number of rotatable bonds is 0. The molecule has 0 N–H and O–H groups in total. The fourth-order valence-corrected chi connectivity index (χ4v) is 0. The van der Waals surface area contributed by atoms with Gasteiger partial charge in [0.1, 0.15) is 0 Å². The van der Waals surface area contributed by atoms with Crippen LogP contribution in [0.2, 0.25) is 0 Å². The van der Waals surface area contributed by atoms with E-state index in [1.807, 2.05) is 0 Å². The van der Waals surface area contributed by atoms with Crippen LogP contribution in [0, 0.1) is 0 Å². The Morgan fingerprint density at radius 1 is 0.0286 bits per heavy atom. The summed E-state index contributed by atoms with van der Waals surface area (Å²) in [6.45, 7) is 0. The summed E-state index contributed by atoms with van der Waals surface area (Å²) in [7, 11) is 0. The molecule has 35 heavy (non-hydrogen) atoms. The molecule has 0 fully saturated rings. The maximum atomic E-state index is 0. The molecule has 0 atom stereocenters. The van der Waals surface area contributed by atoms with Gasteiger partial charge < -0.3 is 0 Å². The molecule has 0 aliphatic carbocycles. The first-order chi connectivity index (χ1) is 0. The average Bonchev–Trinajstić information content (AvgIpc) is 0. The largest absolute Gasteiger partial charge is 0 e. The summed E-state index contributed by atoms with van der Waals surface area (Å²) >= 11 is 0. The Kier molecular flexibility index (Phi) is 4180. The molecule has 35 radical (unpaired) electrons. The van der Waals surface area contributed by atoms with Crippen LogP contribution in [0.25, 0.3) is 0 Å². The minimum absolute atomic E-state index is 0. The first-order valence-electron chi connectivity index (χ1n) is 0. The molecule has 0 aromatic rings. The predicted molar refractivity (Wildman–Crippen MR) is 0 cm³/mol. The topological polar surface area (TPSA) is 0 Å². The van der Waals surface area contributed by atoms with Crippen molar-refractivity contribution in [3.63, 3.8) is 0 Å². The molecule has 0 saturated heterocycles. The first-order valence-corrected chi connectivity index (χ1v) is 0. The molecule has 0 bridgehead atoms. The zero-order chi connectivity index (χ0) is 0. The molecule has 0 saturated carbocycles. The molecule has 0 spiro atoms. The molecule has 35 heteroatoms. The van der Waals surface area contributed by atoms with Crippen LogP contribution < -0.4 is 0 Å². The molecule has 0 aliphatic heterocycles. The third-order valence-electron chi connectivity index (χ3n) is 0. The third-order valence-corrected chi connectivity index (χ3v) is 0. The third kappa shape index (κ3) is 358. The van der Waals surface area contributed by atoms with Crippen molar-refractivity contribution < 1.29 is 649 Å². The van der Waals surface area contributed by atoms with Crippen molar-refractivity contribution in [2.75, 3.05) is 0 Å². The fourth-order valence-electron chi connectivity index (χ4n) is 0. The predicted octanol–water partition coefficient (Wildman–Crippen LogP) is -0.0875. The summed E-state index contributed by atoms with van der Waals surface area (Å²) in [4.78, 5) is 0. The van der Waals surface area contributed by atoms with Crippen molar-refractivity contribution in [2.45, 2.75) is 0 Å². The smallest absolute Gasteiger partial charge is 0 e. The summed E-state index contributed by atoms with van der Waals surface area (Å²) in [6.07, 6.45) is 0. The molecule has 0 nitrogen and oxygen atoms in total. The minimum atomic E-state index is 0. The van der Waals surface area contributed by atoms with Crippen LogP contribution in [-0.4, -0.2) is 0 Å². The summed E-state index contributed by atoms with van der Waals surface area (Å²) in [5.41, 5.74) is 0. The standard InChI is InChI=1S/35V. The van der Waals surface area contributed by atoms with Crippen molar-refractivity contribution in [3.8, 4) is 0 Å². The Bertz CT molecular complexity index is 0. The van der Waals surface area contributed by atoms with Gasteiger partial charge in [-0.1, -0.05) is 0 Å². The molecule has 0 rings (SSSR count). The van der Waals surface area contributed by atoms with Gasteiger partial charge in [0.2, 0.25) is 0 Å². The number of hydrogen-bond acceptors (Lipinski definition) is 0. The van der Waals surface area contributed by atoms with Crippen molar-refractivity contribution in [1.82, 2.24) is 0 Å². The molecule has 0 unspecified atom stereocenters. The Hall–Kier alpha value is 20.5. The van der Waals surface area contributed by atoms with Crippen molar-refractivity contribution in [2.24, 2.45) is 0 Å². The van der Waals surface area contributed by atoms with Gasteiger partial charge in [-0.15, -0.1) is 0 Å². The molecule has 0 aromatic carbocycles. The summed E-state index contributed by atoms with van der Waals surface area (Å²) in [5, 5.41) is 0. The second-order valence-corrected chi connectivity index (χ2v) is 0. The van der Waals surface area contributed by atoms with Gasteiger partial charge in [-0.05, 0) is 0 Å². The van der Waals surface area contributed by atoms with Gasteiger partial charge in [-0.2, -0.15) is 0 Å². The molecule has 0 amide bonds. The first kappa shape index (κ1) is 393. The average molecular weight is 1780 g/mol. The van der Waals surface area contributed by atoms with E-state index in [4.69, 9.17) is 0 Å². The monoisotopic (exact) mass is 1780 g/mol.